The second-order valence-electron chi connectivity index (χ2n) is 8.10. The number of halogens is 3. The normalized spacial score (nSPS) is 13.4. The van der Waals surface area contributed by atoms with E-state index in [4.69, 9.17) is 4.74 Å². The molecule has 1 unspecified atom stereocenters. The molecule has 1 N–H and O–H groups in total. The van der Waals surface area contributed by atoms with E-state index in [2.05, 4.69) is 0 Å². The van der Waals surface area contributed by atoms with Gasteiger partial charge in [-0.3, -0.25) is 4.21 Å². The zero-order valence-corrected chi connectivity index (χ0v) is 18.2. The fourth-order valence-corrected chi connectivity index (χ4v) is 4.41. The number of carbonyl (C=O) groups is 1. The second-order valence-corrected chi connectivity index (χ2v) is 9.55. The molecular weight excluding hydrogens is 431 g/mol. The van der Waals surface area contributed by atoms with Gasteiger partial charge in [-0.25, -0.2) is 4.79 Å². The van der Waals surface area contributed by atoms with Crippen LogP contribution in [-0.4, -0.2) is 25.5 Å². The first kappa shape index (κ1) is 22.9. The van der Waals surface area contributed by atoms with Gasteiger partial charge in [-0.15, -0.1) is 0 Å². The predicted octanol–water partition coefficient (Wildman–Crippen LogP) is 5.17. The van der Waals surface area contributed by atoms with Gasteiger partial charge in [0.2, 0.25) is 0 Å². The molecule has 0 saturated carbocycles. The van der Waals surface area contributed by atoms with Crippen molar-refractivity contribution in [1.29, 1.82) is 0 Å². The summed E-state index contributed by atoms with van der Waals surface area (Å²) in [5.74, 6) is -0.798. The number of phenolic OH excluding ortho intramolecular Hbond substituents is 1. The highest BCUT2D eigenvalue weighted by Crippen LogP contribution is 2.33. The third-order valence-corrected chi connectivity index (χ3v) is 5.95. The lowest BCUT2D eigenvalue weighted by atomic mass is 10.1. The molecule has 1 atom stereocenters. The number of hydrogen-bond acceptors (Lipinski definition) is 4. The van der Waals surface area contributed by atoms with Crippen LogP contribution in [0, 0.1) is 0 Å². The standard InChI is InChI=1S/C22H22F3NO4S/c1-21(2,3)30-20(28)19-16-11-14(27)7-10-17(16)26(4)18(19)12-31(29)15-8-5-13(6-9-15)22(23,24)25/h5-11,27H,12H2,1-4H3. The van der Waals surface area contributed by atoms with Crippen LogP contribution in [0.2, 0.25) is 0 Å². The summed E-state index contributed by atoms with van der Waals surface area (Å²) >= 11 is 0. The van der Waals surface area contributed by atoms with E-state index in [0.717, 1.165) is 12.1 Å². The van der Waals surface area contributed by atoms with Crippen LogP contribution < -0.4 is 0 Å². The lowest BCUT2D eigenvalue weighted by molar-refractivity contribution is -0.137. The van der Waals surface area contributed by atoms with Crippen molar-refractivity contribution in [2.45, 2.75) is 43.2 Å². The van der Waals surface area contributed by atoms with E-state index in [9.17, 15) is 27.3 Å². The lowest BCUT2D eigenvalue weighted by Crippen LogP contribution is -2.24. The van der Waals surface area contributed by atoms with Crippen molar-refractivity contribution in [1.82, 2.24) is 4.57 Å². The van der Waals surface area contributed by atoms with Gasteiger partial charge in [-0.1, -0.05) is 0 Å². The number of carbonyl (C=O) groups excluding carboxylic acids is 1. The molecule has 0 saturated heterocycles. The molecule has 0 radical (unpaired) electrons. The van der Waals surface area contributed by atoms with Crippen molar-refractivity contribution < 1.29 is 32.0 Å². The number of benzene rings is 2. The van der Waals surface area contributed by atoms with Gasteiger partial charge in [0.1, 0.15) is 11.4 Å². The second kappa shape index (κ2) is 8.03. The Morgan fingerprint density at radius 2 is 1.71 bits per heavy atom. The maximum absolute atomic E-state index is 13.0. The van der Waals surface area contributed by atoms with Crippen molar-refractivity contribution in [3.63, 3.8) is 0 Å². The van der Waals surface area contributed by atoms with Crippen LogP contribution in [0.3, 0.4) is 0 Å². The van der Waals surface area contributed by atoms with Gasteiger partial charge in [-0.2, -0.15) is 13.2 Å². The Morgan fingerprint density at radius 1 is 1.10 bits per heavy atom. The monoisotopic (exact) mass is 453 g/mol. The Bertz CT molecular complexity index is 1160. The SMILES string of the molecule is Cn1c(CS(=O)c2ccc(C(F)(F)F)cc2)c(C(=O)OC(C)(C)C)c2cc(O)ccc21. The number of esters is 1. The highest BCUT2D eigenvalue weighted by atomic mass is 32.2. The first-order valence-corrected chi connectivity index (χ1v) is 10.7. The van der Waals surface area contributed by atoms with Gasteiger partial charge >= 0.3 is 12.1 Å². The van der Waals surface area contributed by atoms with Gasteiger partial charge < -0.3 is 14.4 Å². The molecule has 0 fully saturated rings. The van der Waals surface area contributed by atoms with Gasteiger partial charge in [0.25, 0.3) is 0 Å². The number of aryl methyl sites for hydroxylation is 1. The Labute approximate surface area is 179 Å². The Morgan fingerprint density at radius 3 is 2.26 bits per heavy atom. The van der Waals surface area contributed by atoms with Crippen LogP contribution in [-0.2, 0) is 34.5 Å². The number of hydrogen-bond donors (Lipinski definition) is 1. The summed E-state index contributed by atoms with van der Waals surface area (Å²) < 4.78 is 58.5. The molecule has 31 heavy (non-hydrogen) atoms. The Balaban J connectivity index is 2.05. The fraction of sp³-hybridized carbons (Fsp3) is 0.318. The van der Waals surface area contributed by atoms with E-state index in [1.54, 1.807) is 38.5 Å². The molecule has 2 aromatic carbocycles. The van der Waals surface area contributed by atoms with Crippen molar-refractivity contribution in [3.8, 4) is 5.75 Å². The summed E-state index contributed by atoms with van der Waals surface area (Å²) in [4.78, 5) is 13.2. The molecular formula is C22H22F3NO4S. The zero-order valence-electron chi connectivity index (χ0n) is 17.4. The Kier molecular flexibility index (Phi) is 5.92. The topological polar surface area (TPSA) is 68.5 Å². The highest BCUT2D eigenvalue weighted by molar-refractivity contribution is 7.84. The summed E-state index contributed by atoms with van der Waals surface area (Å²) in [5, 5.41) is 10.3. The molecule has 1 heterocycles. The number of alkyl halides is 3. The molecule has 166 valence electrons. The number of phenols is 1. The molecule has 1 aromatic heterocycles. The maximum atomic E-state index is 13.0. The largest absolute Gasteiger partial charge is 0.508 e. The number of rotatable bonds is 4. The van der Waals surface area contributed by atoms with Crippen LogP contribution in [0.4, 0.5) is 13.2 Å². The molecule has 0 amide bonds. The summed E-state index contributed by atoms with van der Waals surface area (Å²) in [5.41, 5.74) is -0.419. The number of ether oxygens (including phenoxy) is 1. The van der Waals surface area contributed by atoms with E-state index in [1.807, 2.05) is 0 Å². The molecule has 5 nitrogen and oxygen atoms in total. The number of fused-ring (bicyclic) bond motifs is 1. The van der Waals surface area contributed by atoms with Crippen molar-refractivity contribution in [2.75, 3.05) is 0 Å². The quantitative estimate of drug-likeness (QED) is 0.554. The minimum absolute atomic E-state index is 0.0432. The molecule has 3 rings (SSSR count). The fourth-order valence-electron chi connectivity index (χ4n) is 3.21. The molecule has 0 aliphatic heterocycles. The van der Waals surface area contributed by atoms with Crippen molar-refractivity contribution >= 4 is 27.7 Å². The number of aromatic hydroxyl groups is 1. The summed E-state index contributed by atoms with van der Waals surface area (Å²) in [6.45, 7) is 5.15. The molecule has 0 bridgehead atoms. The van der Waals surface area contributed by atoms with Crippen LogP contribution >= 0.6 is 0 Å². The van der Waals surface area contributed by atoms with E-state index in [1.165, 1.54) is 24.3 Å². The summed E-state index contributed by atoms with van der Waals surface area (Å²) in [7, 11) is -0.0331. The molecule has 3 aromatic rings. The number of aromatic nitrogens is 1. The molecule has 0 spiro atoms. The van der Waals surface area contributed by atoms with Gasteiger partial charge in [0, 0.05) is 28.5 Å². The van der Waals surface area contributed by atoms with E-state index in [0.29, 0.717) is 16.6 Å². The molecule has 9 heteroatoms. The van der Waals surface area contributed by atoms with Gasteiger partial charge in [-0.05, 0) is 63.2 Å². The third-order valence-electron chi connectivity index (χ3n) is 4.62. The van der Waals surface area contributed by atoms with E-state index < -0.39 is 34.1 Å². The maximum Gasteiger partial charge on any atom is 0.416 e. The lowest BCUT2D eigenvalue weighted by Gasteiger charge is -2.20. The van der Waals surface area contributed by atoms with Gasteiger partial charge in [0.05, 0.1) is 27.7 Å². The summed E-state index contributed by atoms with van der Waals surface area (Å²) in [6, 6.07) is 8.62. The summed E-state index contributed by atoms with van der Waals surface area (Å²) in [6.07, 6.45) is -4.48. The van der Waals surface area contributed by atoms with E-state index in [-0.39, 0.29) is 22.0 Å². The first-order chi connectivity index (χ1) is 14.3. The smallest absolute Gasteiger partial charge is 0.416 e. The van der Waals surface area contributed by atoms with Crippen molar-refractivity contribution in [2.24, 2.45) is 7.05 Å². The zero-order chi connectivity index (χ0) is 23.1. The van der Waals surface area contributed by atoms with Crippen LogP contribution in [0.15, 0.2) is 47.4 Å². The van der Waals surface area contributed by atoms with Crippen LogP contribution in [0.25, 0.3) is 10.9 Å². The minimum Gasteiger partial charge on any atom is -0.508 e. The van der Waals surface area contributed by atoms with Crippen molar-refractivity contribution in [3.05, 3.63) is 59.3 Å². The van der Waals surface area contributed by atoms with Gasteiger partial charge in [0.15, 0.2) is 0 Å². The number of nitrogens with zero attached hydrogens (tertiary/aromatic N) is 1. The predicted molar refractivity (Wildman–Crippen MR) is 111 cm³/mol. The highest BCUT2D eigenvalue weighted by Gasteiger charge is 2.31. The Hall–Kier alpha value is -2.81. The first-order valence-electron chi connectivity index (χ1n) is 9.37. The molecule has 0 aliphatic rings. The average Bonchev–Trinajstić information content (AvgIpc) is 2.91. The average molecular weight is 453 g/mol. The van der Waals surface area contributed by atoms with Crippen LogP contribution in [0.1, 0.15) is 42.4 Å². The minimum atomic E-state index is -4.48. The molecule has 0 aliphatic carbocycles. The van der Waals surface area contributed by atoms with E-state index >= 15 is 0 Å². The third kappa shape index (κ3) is 4.92. The van der Waals surface area contributed by atoms with Crippen LogP contribution in [0.5, 0.6) is 5.75 Å².